The van der Waals surface area contributed by atoms with Crippen LogP contribution in [0.2, 0.25) is 5.02 Å². The van der Waals surface area contributed by atoms with Crippen molar-refractivity contribution in [3.63, 3.8) is 0 Å². The Morgan fingerprint density at radius 3 is 2.66 bits per heavy atom. The molecule has 0 saturated carbocycles. The molecule has 1 aliphatic heterocycles. The van der Waals surface area contributed by atoms with Crippen LogP contribution in [0.1, 0.15) is 30.9 Å². The summed E-state index contributed by atoms with van der Waals surface area (Å²) in [5.41, 5.74) is 1.81. The van der Waals surface area contributed by atoms with Crippen molar-refractivity contribution in [1.82, 2.24) is 9.88 Å². The van der Waals surface area contributed by atoms with E-state index in [-0.39, 0.29) is 17.4 Å². The first-order valence-corrected chi connectivity index (χ1v) is 10.4. The zero-order valence-corrected chi connectivity index (χ0v) is 17.1. The van der Waals surface area contributed by atoms with Crippen molar-refractivity contribution in [2.45, 2.75) is 38.8 Å². The average molecular weight is 415 g/mol. The molecular weight excluding hydrogens is 391 g/mol. The Morgan fingerprint density at radius 1 is 1.17 bits per heavy atom. The summed E-state index contributed by atoms with van der Waals surface area (Å²) >= 11 is 6.26. The summed E-state index contributed by atoms with van der Waals surface area (Å²) in [6.45, 7) is 4.54. The number of likely N-dealkylation sites (tertiary alicyclic amines) is 1. The van der Waals surface area contributed by atoms with E-state index in [1.165, 1.54) is 6.07 Å². The number of pyridine rings is 1. The normalized spacial score (nSPS) is 15.7. The van der Waals surface area contributed by atoms with Crippen LogP contribution in [0.15, 0.2) is 47.4 Å². The topological polar surface area (TPSA) is 45.3 Å². The summed E-state index contributed by atoms with van der Waals surface area (Å²) in [5.74, 6) is -0.267. The molecule has 6 heteroatoms. The Balaban J connectivity index is 1.45. The van der Waals surface area contributed by atoms with Crippen molar-refractivity contribution in [2.24, 2.45) is 0 Å². The highest BCUT2D eigenvalue weighted by Gasteiger charge is 2.22. The van der Waals surface area contributed by atoms with Gasteiger partial charge in [0.15, 0.2) is 11.6 Å². The second-order valence-electron chi connectivity index (χ2n) is 7.51. The molecule has 4 rings (SSSR count). The number of aryl methyl sites for hydroxylation is 1. The number of hydrogen-bond donors (Lipinski definition) is 1. The molecule has 0 radical (unpaired) electrons. The third-order valence-electron chi connectivity index (χ3n) is 5.60. The molecule has 1 saturated heterocycles. The molecule has 0 amide bonds. The van der Waals surface area contributed by atoms with Crippen LogP contribution in [-0.2, 0) is 13.0 Å². The minimum atomic E-state index is -0.491. The fourth-order valence-corrected chi connectivity index (χ4v) is 4.13. The number of aromatic nitrogens is 1. The average Bonchev–Trinajstić information content (AvgIpc) is 2.72. The maximum atomic E-state index is 14.6. The van der Waals surface area contributed by atoms with Gasteiger partial charge in [0.1, 0.15) is 6.10 Å². The van der Waals surface area contributed by atoms with Gasteiger partial charge in [0.25, 0.3) is 5.56 Å². The zero-order chi connectivity index (χ0) is 20.4. The molecule has 29 heavy (non-hydrogen) atoms. The zero-order valence-electron chi connectivity index (χ0n) is 16.4. The molecule has 1 N–H and O–H groups in total. The number of nitrogens with zero attached hydrogens (tertiary/aromatic N) is 1. The molecule has 2 heterocycles. The standard InChI is InChI=1S/C23H24ClFN2O2/c1-2-15-13-26-23(28)19-11-21(25)22(12-18(15)19)29-17-7-9-27(10-8-17)14-16-5-3-4-6-20(16)24/h3-6,11-13,17H,2,7-10,14H2,1H3,(H,26,28). The van der Waals surface area contributed by atoms with Crippen LogP contribution in [0.3, 0.4) is 0 Å². The minimum Gasteiger partial charge on any atom is -0.487 e. The van der Waals surface area contributed by atoms with Gasteiger partial charge in [-0.1, -0.05) is 36.7 Å². The minimum absolute atomic E-state index is 0.0449. The third kappa shape index (κ3) is 4.31. The number of piperidine rings is 1. The first kappa shape index (κ1) is 19.9. The first-order chi connectivity index (χ1) is 14.0. The van der Waals surface area contributed by atoms with Gasteiger partial charge in [0, 0.05) is 30.9 Å². The van der Waals surface area contributed by atoms with Gasteiger partial charge >= 0.3 is 0 Å². The predicted octanol–water partition coefficient (Wildman–Crippen LogP) is 4.93. The number of halogens is 2. The predicted molar refractivity (Wildman–Crippen MR) is 114 cm³/mol. The quantitative estimate of drug-likeness (QED) is 0.644. The molecule has 1 fully saturated rings. The number of benzene rings is 2. The monoisotopic (exact) mass is 414 g/mol. The lowest BCUT2D eigenvalue weighted by Gasteiger charge is -2.32. The molecule has 0 bridgehead atoms. The van der Waals surface area contributed by atoms with Crippen molar-refractivity contribution in [3.05, 3.63) is 74.9 Å². The Morgan fingerprint density at radius 2 is 1.93 bits per heavy atom. The highest BCUT2D eigenvalue weighted by molar-refractivity contribution is 6.31. The van der Waals surface area contributed by atoms with Gasteiger partial charge < -0.3 is 9.72 Å². The van der Waals surface area contributed by atoms with Crippen LogP contribution in [0.4, 0.5) is 4.39 Å². The summed E-state index contributed by atoms with van der Waals surface area (Å²) in [5, 5.41) is 1.90. The summed E-state index contributed by atoms with van der Waals surface area (Å²) in [7, 11) is 0. The van der Waals surface area contributed by atoms with E-state index in [1.54, 1.807) is 12.3 Å². The van der Waals surface area contributed by atoms with Crippen LogP contribution >= 0.6 is 11.6 Å². The van der Waals surface area contributed by atoms with Crippen LogP contribution < -0.4 is 10.3 Å². The van der Waals surface area contributed by atoms with Crippen molar-refractivity contribution in [1.29, 1.82) is 0 Å². The number of ether oxygens (including phenoxy) is 1. The lowest BCUT2D eigenvalue weighted by Crippen LogP contribution is -2.38. The molecule has 0 atom stereocenters. The number of rotatable bonds is 5. The summed E-state index contributed by atoms with van der Waals surface area (Å²) in [6, 6.07) is 10.8. The Labute approximate surface area is 174 Å². The second kappa shape index (κ2) is 8.56. The molecule has 4 nitrogen and oxygen atoms in total. The maximum absolute atomic E-state index is 14.6. The highest BCUT2D eigenvalue weighted by atomic mass is 35.5. The van der Waals surface area contributed by atoms with Gasteiger partial charge in [0.05, 0.1) is 5.39 Å². The molecule has 1 aliphatic rings. The first-order valence-electron chi connectivity index (χ1n) is 10.0. The number of nitrogens with one attached hydrogen (secondary N) is 1. The number of H-pyrrole nitrogens is 1. The third-order valence-corrected chi connectivity index (χ3v) is 5.97. The van der Waals surface area contributed by atoms with Gasteiger partial charge in [-0.2, -0.15) is 0 Å². The summed E-state index contributed by atoms with van der Waals surface area (Å²) < 4.78 is 20.6. The SMILES string of the molecule is CCc1c[nH]c(=O)c2cc(F)c(OC3CCN(Cc4ccccc4Cl)CC3)cc12. The van der Waals surface area contributed by atoms with Gasteiger partial charge in [-0.05, 0) is 54.0 Å². The number of fused-ring (bicyclic) bond motifs is 1. The van der Waals surface area contributed by atoms with E-state index >= 15 is 0 Å². The Bertz CT molecular complexity index is 1070. The number of aromatic amines is 1. The Hall–Kier alpha value is -2.37. The lowest BCUT2D eigenvalue weighted by atomic mass is 10.0. The molecule has 0 spiro atoms. The fourth-order valence-electron chi connectivity index (χ4n) is 3.93. The van der Waals surface area contributed by atoms with E-state index in [2.05, 4.69) is 9.88 Å². The molecule has 3 aromatic rings. The van der Waals surface area contributed by atoms with E-state index in [4.69, 9.17) is 16.3 Å². The van der Waals surface area contributed by atoms with Gasteiger partial charge in [0.2, 0.25) is 0 Å². The molecular formula is C23H24ClFN2O2. The smallest absolute Gasteiger partial charge is 0.255 e. The van der Waals surface area contributed by atoms with Crippen molar-refractivity contribution in [2.75, 3.05) is 13.1 Å². The molecule has 152 valence electrons. The van der Waals surface area contributed by atoms with Crippen molar-refractivity contribution >= 4 is 22.4 Å². The summed E-state index contributed by atoms with van der Waals surface area (Å²) in [4.78, 5) is 17.0. The van der Waals surface area contributed by atoms with E-state index < -0.39 is 5.82 Å². The lowest BCUT2D eigenvalue weighted by molar-refractivity contribution is 0.0937. The van der Waals surface area contributed by atoms with Crippen LogP contribution in [0.25, 0.3) is 10.8 Å². The number of hydrogen-bond acceptors (Lipinski definition) is 3. The maximum Gasteiger partial charge on any atom is 0.255 e. The van der Waals surface area contributed by atoms with Crippen LogP contribution in [-0.4, -0.2) is 29.1 Å². The van der Waals surface area contributed by atoms with E-state index in [9.17, 15) is 9.18 Å². The molecule has 2 aromatic carbocycles. The Kier molecular flexibility index (Phi) is 5.88. The van der Waals surface area contributed by atoms with Gasteiger partial charge in [-0.15, -0.1) is 0 Å². The van der Waals surface area contributed by atoms with Crippen LogP contribution in [0.5, 0.6) is 5.75 Å². The van der Waals surface area contributed by atoms with E-state index in [1.807, 2.05) is 31.2 Å². The van der Waals surface area contributed by atoms with Crippen molar-refractivity contribution < 1.29 is 9.13 Å². The largest absolute Gasteiger partial charge is 0.487 e. The van der Waals surface area contributed by atoms with Crippen molar-refractivity contribution in [3.8, 4) is 5.75 Å². The summed E-state index contributed by atoms with van der Waals surface area (Å²) in [6.07, 6.45) is 4.03. The second-order valence-corrected chi connectivity index (χ2v) is 7.92. The van der Waals surface area contributed by atoms with E-state index in [0.29, 0.717) is 5.39 Å². The van der Waals surface area contributed by atoms with Gasteiger partial charge in [-0.3, -0.25) is 9.69 Å². The fraction of sp³-hybridized carbons (Fsp3) is 0.348. The molecule has 0 aliphatic carbocycles. The van der Waals surface area contributed by atoms with E-state index in [0.717, 1.165) is 60.4 Å². The molecule has 0 unspecified atom stereocenters. The highest BCUT2D eigenvalue weighted by Crippen LogP contribution is 2.28. The van der Waals surface area contributed by atoms with Crippen LogP contribution in [0, 0.1) is 5.82 Å². The molecule has 1 aromatic heterocycles. The van der Waals surface area contributed by atoms with Gasteiger partial charge in [-0.25, -0.2) is 4.39 Å².